The first-order chi connectivity index (χ1) is 13.3. The topological polar surface area (TPSA) is 63.1 Å². The number of hydrogen-bond donors (Lipinski definition) is 1. The molecule has 9 heteroatoms. The molecular weight excluding hydrogens is 371 g/mol. The molecule has 1 aliphatic rings. The molecule has 0 saturated carbocycles. The fourth-order valence-electron chi connectivity index (χ4n) is 3.85. The quantitative estimate of drug-likeness (QED) is 0.841. The molecule has 154 valence electrons. The van der Waals surface area contributed by atoms with E-state index in [0.717, 1.165) is 44.7 Å². The maximum Gasteiger partial charge on any atom is 0.433 e. The molecule has 2 aromatic heterocycles. The van der Waals surface area contributed by atoms with Crippen LogP contribution in [0.3, 0.4) is 0 Å². The number of piperazine rings is 1. The summed E-state index contributed by atoms with van der Waals surface area (Å²) < 4.78 is 40.5. The van der Waals surface area contributed by atoms with E-state index >= 15 is 0 Å². The molecular formula is C19H26F3N5O. The van der Waals surface area contributed by atoms with Crippen molar-refractivity contribution >= 4 is 10.9 Å². The molecule has 2 atom stereocenters. The van der Waals surface area contributed by atoms with Crippen molar-refractivity contribution in [3.8, 4) is 0 Å². The van der Waals surface area contributed by atoms with Crippen LogP contribution in [0.2, 0.25) is 0 Å². The van der Waals surface area contributed by atoms with Crippen molar-refractivity contribution in [1.29, 1.82) is 0 Å². The van der Waals surface area contributed by atoms with E-state index in [9.17, 15) is 18.0 Å². The van der Waals surface area contributed by atoms with Gasteiger partial charge >= 0.3 is 6.18 Å². The fourth-order valence-corrected chi connectivity index (χ4v) is 3.85. The first-order valence-corrected chi connectivity index (χ1v) is 9.71. The van der Waals surface area contributed by atoms with E-state index in [-0.39, 0.29) is 16.9 Å². The second-order valence-electron chi connectivity index (χ2n) is 7.26. The third kappa shape index (κ3) is 4.05. The Morgan fingerprint density at radius 2 is 2.11 bits per heavy atom. The molecule has 1 aliphatic heterocycles. The molecule has 0 aliphatic carbocycles. The number of rotatable bonds is 5. The molecule has 1 fully saturated rings. The van der Waals surface area contributed by atoms with Crippen molar-refractivity contribution in [1.82, 2.24) is 24.8 Å². The molecule has 0 radical (unpaired) electrons. The van der Waals surface area contributed by atoms with Gasteiger partial charge < -0.3 is 5.32 Å². The molecule has 0 amide bonds. The van der Waals surface area contributed by atoms with Crippen molar-refractivity contribution in [2.24, 2.45) is 0 Å². The van der Waals surface area contributed by atoms with E-state index in [2.05, 4.69) is 34.0 Å². The molecule has 1 saturated heterocycles. The Morgan fingerprint density at radius 1 is 1.36 bits per heavy atom. The van der Waals surface area contributed by atoms with Crippen LogP contribution in [0.5, 0.6) is 0 Å². The third-order valence-corrected chi connectivity index (χ3v) is 5.18. The molecule has 0 spiro atoms. The summed E-state index contributed by atoms with van der Waals surface area (Å²) in [4.78, 5) is 23.4. The standard InChI is InChI=1S/C19H26F3N5O/c1-4-6-15(26-8-7-23-12(3)11-26)17-25-14-10-24-16(19(20,21)22)9-13(14)18(28)27(17)5-2/h9-10,12,15,23H,4-8,11H2,1-3H3/t12-,15+/m0/s1. The Balaban J connectivity index is 2.14. The lowest BCUT2D eigenvalue weighted by atomic mass is 10.1. The van der Waals surface area contributed by atoms with Gasteiger partial charge in [0.05, 0.1) is 23.1 Å². The van der Waals surface area contributed by atoms with Gasteiger partial charge in [0, 0.05) is 32.2 Å². The van der Waals surface area contributed by atoms with E-state index in [1.54, 1.807) is 0 Å². The van der Waals surface area contributed by atoms with Crippen molar-refractivity contribution in [2.75, 3.05) is 19.6 Å². The molecule has 1 N–H and O–H groups in total. The van der Waals surface area contributed by atoms with Crippen molar-refractivity contribution in [3.63, 3.8) is 0 Å². The number of nitrogens with zero attached hydrogens (tertiary/aromatic N) is 4. The maximum atomic E-state index is 13.0. The Morgan fingerprint density at radius 3 is 2.71 bits per heavy atom. The van der Waals surface area contributed by atoms with Gasteiger partial charge in [-0.15, -0.1) is 0 Å². The largest absolute Gasteiger partial charge is 0.433 e. The number of nitrogens with one attached hydrogen (secondary N) is 1. The van der Waals surface area contributed by atoms with Gasteiger partial charge in [-0.3, -0.25) is 14.3 Å². The van der Waals surface area contributed by atoms with Crippen molar-refractivity contribution in [2.45, 2.75) is 58.4 Å². The van der Waals surface area contributed by atoms with E-state index in [1.165, 1.54) is 4.57 Å². The predicted molar refractivity (Wildman–Crippen MR) is 101 cm³/mol. The minimum Gasteiger partial charge on any atom is -0.312 e. The highest BCUT2D eigenvalue weighted by Gasteiger charge is 2.33. The number of fused-ring (bicyclic) bond motifs is 1. The molecule has 0 unspecified atom stereocenters. The predicted octanol–water partition coefficient (Wildman–Crippen LogP) is 2.97. The second kappa shape index (κ2) is 8.16. The highest BCUT2D eigenvalue weighted by molar-refractivity contribution is 5.77. The minimum atomic E-state index is -4.60. The average Bonchev–Trinajstić information content (AvgIpc) is 2.65. The van der Waals surface area contributed by atoms with Crippen LogP contribution in [-0.4, -0.2) is 45.1 Å². The van der Waals surface area contributed by atoms with Crippen LogP contribution in [0, 0.1) is 0 Å². The van der Waals surface area contributed by atoms with Gasteiger partial charge in [-0.1, -0.05) is 13.3 Å². The minimum absolute atomic E-state index is 0.0446. The molecule has 6 nitrogen and oxygen atoms in total. The summed E-state index contributed by atoms with van der Waals surface area (Å²) in [6.07, 6.45) is -1.81. The number of alkyl halides is 3. The average molecular weight is 397 g/mol. The fraction of sp³-hybridized carbons (Fsp3) is 0.632. The summed E-state index contributed by atoms with van der Waals surface area (Å²) >= 11 is 0. The van der Waals surface area contributed by atoms with Crippen LogP contribution >= 0.6 is 0 Å². The second-order valence-corrected chi connectivity index (χ2v) is 7.26. The number of hydrogen-bond acceptors (Lipinski definition) is 5. The first-order valence-electron chi connectivity index (χ1n) is 9.71. The van der Waals surface area contributed by atoms with Crippen LogP contribution in [0.25, 0.3) is 10.9 Å². The SMILES string of the molecule is CCC[C@H](c1nc2cnc(C(F)(F)F)cc2c(=O)n1CC)N1CCN[C@@H](C)C1. The highest BCUT2D eigenvalue weighted by Crippen LogP contribution is 2.30. The molecule has 28 heavy (non-hydrogen) atoms. The van der Waals surface area contributed by atoms with Crippen LogP contribution in [0.1, 0.15) is 51.2 Å². The maximum absolute atomic E-state index is 13.0. The third-order valence-electron chi connectivity index (χ3n) is 5.18. The van der Waals surface area contributed by atoms with E-state index in [0.29, 0.717) is 18.4 Å². The van der Waals surface area contributed by atoms with Crippen LogP contribution < -0.4 is 10.9 Å². The summed E-state index contributed by atoms with van der Waals surface area (Å²) in [5.74, 6) is 0.609. The number of aromatic nitrogens is 3. The summed E-state index contributed by atoms with van der Waals surface area (Å²) in [6.45, 7) is 8.85. The monoisotopic (exact) mass is 397 g/mol. The summed E-state index contributed by atoms with van der Waals surface area (Å²) in [6, 6.07) is 1.07. The van der Waals surface area contributed by atoms with Crippen molar-refractivity contribution < 1.29 is 13.2 Å². The van der Waals surface area contributed by atoms with E-state index < -0.39 is 17.4 Å². The highest BCUT2D eigenvalue weighted by atomic mass is 19.4. The Hall–Kier alpha value is -2.00. The lowest BCUT2D eigenvalue weighted by Gasteiger charge is -2.38. The van der Waals surface area contributed by atoms with E-state index in [4.69, 9.17) is 0 Å². The van der Waals surface area contributed by atoms with Gasteiger partial charge in [-0.25, -0.2) is 9.97 Å². The normalized spacial score (nSPS) is 19.9. The van der Waals surface area contributed by atoms with Crippen LogP contribution in [0.4, 0.5) is 13.2 Å². The van der Waals surface area contributed by atoms with Crippen LogP contribution in [-0.2, 0) is 12.7 Å². The Bertz CT molecular complexity index is 895. The number of halogens is 3. The first kappa shape index (κ1) is 20.7. The smallest absolute Gasteiger partial charge is 0.312 e. The lowest BCUT2D eigenvalue weighted by molar-refractivity contribution is -0.141. The zero-order valence-corrected chi connectivity index (χ0v) is 16.4. The number of pyridine rings is 1. The van der Waals surface area contributed by atoms with E-state index in [1.807, 2.05) is 6.92 Å². The van der Waals surface area contributed by atoms with Gasteiger partial charge in [0.2, 0.25) is 0 Å². The zero-order chi connectivity index (χ0) is 20.5. The van der Waals surface area contributed by atoms with Crippen molar-refractivity contribution in [3.05, 3.63) is 34.1 Å². The van der Waals surface area contributed by atoms with Gasteiger partial charge in [0.15, 0.2) is 0 Å². The van der Waals surface area contributed by atoms with Gasteiger partial charge in [0.25, 0.3) is 5.56 Å². The molecule has 3 heterocycles. The van der Waals surface area contributed by atoms with Gasteiger partial charge in [0.1, 0.15) is 11.5 Å². The molecule has 2 aromatic rings. The van der Waals surface area contributed by atoms with Gasteiger partial charge in [-0.05, 0) is 26.3 Å². The molecule has 0 bridgehead atoms. The summed E-state index contributed by atoms with van der Waals surface area (Å²) in [5, 5.41) is 3.36. The molecule has 3 rings (SSSR count). The summed E-state index contributed by atoms with van der Waals surface area (Å²) in [7, 11) is 0. The van der Waals surface area contributed by atoms with Gasteiger partial charge in [-0.2, -0.15) is 13.2 Å². The zero-order valence-electron chi connectivity index (χ0n) is 16.4. The summed E-state index contributed by atoms with van der Waals surface area (Å²) in [5.41, 5.74) is -1.31. The molecule has 0 aromatic carbocycles. The lowest BCUT2D eigenvalue weighted by Crippen LogP contribution is -2.51. The van der Waals surface area contributed by atoms with Crippen LogP contribution in [0.15, 0.2) is 17.1 Å². The Labute approximate surface area is 161 Å². The Kier molecular flexibility index (Phi) is 6.04.